The summed E-state index contributed by atoms with van der Waals surface area (Å²) in [5.41, 5.74) is 0.956. The topological polar surface area (TPSA) is 32.3 Å². The van der Waals surface area contributed by atoms with Gasteiger partial charge in [0.15, 0.2) is 0 Å². The van der Waals surface area contributed by atoms with Crippen molar-refractivity contribution in [2.24, 2.45) is 5.92 Å². The van der Waals surface area contributed by atoms with E-state index in [2.05, 4.69) is 5.32 Å². The molecule has 1 fully saturated rings. The van der Waals surface area contributed by atoms with E-state index in [0.717, 1.165) is 25.1 Å². The van der Waals surface area contributed by atoms with Crippen molar-refractivity contribution in [2.75, 3.05) is 20.1 Å². The fourth-order valence-electron chi connectivity index (χ4n) is 2.36. The number of amides is 1. The number of carbonyl (C=O) groups excluding carboxylic acids is 1. The number of halogens is 3. The summed E-state index contributed by atoms with van der Waals surface area (Å²) in [6.45, 7) is 2.51. The zero-order valence-corrected chi connectivity index (χ0v) is 13.7. The summed E-state index contributed by atoms with van der Waals surface area (Å²) in [4.78, 5) is 13.8. The van der Waals surface area contributed by atoms with E-state index in [9.17, 15) is 4.79 Å². The van der Waals surface area contributed by atoms with Gasteiger partial charge in [0.2, 0.25) is 5.91 Å². The van der Waals surface area contributed by atoms with E-state index in [1.165, 1.54) is 0 Å². The molecule has 1 heterocycles. The lowest BCUT2D eigenvalue weighted by atomic mass is 10.0. The molecule has 1 saturated heterocycles. The first kappa shape index (κ1) is 17.6. The van der Waals surface area contributed by atoms with Crippen LogP contribution in [0.1, 0.15) is 18.4 Å². The lowest BCUT2D eigenvalue weighted by Crippen LogP contribution is -2.28. The molecule has 0 saturated carbocycles. The Hall–Kier alpha value is -0.480. The van der Waals surface area contributed by atoms with Crippen molar-refractivity contribution in [3.05, 3.63) is 33.8 Å². The Bertz CT molecular complexity index is 441. The standard InChI is InChI=1S/C14H18Cl2N2O.ClH/c1-18(14(19)6-10-2-3-17-8-10)9-11-4-12(15)7-13(16)5-11;/h4-5,7,10,17H,2-3,6,8-9H2,1H3;1H. The first-order valence-corrected chi connectivity index (χ1v) is 7.20. The second-order valence-electron chi connectivity index (χ2n) is 5.09. The van der Waals surface area contributed by atoms with Crippen molar-refractivity contribution >= 4 is 41.5 Å². The zero-order valence-electron chi connectivity index (χ0n) is 11.4. The van der Waals surface area contributed by atoms with Crippen LogP contribution in [-0.4, -0.2) is 30.9 Å². The Balaban J connectivity index is 0.00000200. The lowest BCUT2D eigenvalue weighted by Gasteiger charge is -2.19. The van der Waals surface area contributed by atoms with Gasteiger partial charge in [-0.05, 0) is 49.2 Å². The minimum absolute atomic E-state index is 0. The van der Waals surface area contributed by atoms with Crippen LogP contribution in [0.4, 0.5) is 0 Å². The van der Waals surface area contributed by atoms with Crippen LogP contribution in [0.15, 0.2) is 18.2 Å². The number of hydrogen-bond acceptors (Lipinski definition) is 2. The smallest absolute Gasteiger partial charge is 0.222 e. The summed E-state index contributed by atoms with van der Waals surface area (Å²) < 4.78 is 0. The molecule has 2 rings (SSSR count). The predicted octanol–water partition coefficient (Wildman–Crippen LogP) is 3.37. The maximum atomic E-state index is 12.1. The summed E-state index contributed by atoms with van der Waals surface area (Å²) in [5, 5.41) is 4.48. The molecule has 0 spiro atoms. The molecule has 1 aliphatic rings. The van der Waals surface area contributed by atoms with Crippen molar-refractivity contribution in [1.29, 1.82) is 0 Å². The second kappa shape index (κ2) is 8.08. The molecular weight excluding hydrogens is 319 g/mol. The summed E-state index contributed by atoms with van der Waals surface area (Å²) in [7, 11) is 1.82. The van der Waals surface area contributed by atoms with Crippen LogP contribution < -0.4 is 5.32 Å². The van der Waals surface area contributed by atoms with E-state index in [1.807, 2.05) is 19.2 Å². The Morgan fingerprint density at radius 2 is 2.00 bits per heavy atom. The molecule has 1 atom stereocenters. The van der Waals surface area contributed by atoms with Crippen LogP contribution in [0.25, 0.3) is 0 Å². The van der Waals surface area contributed by atoms with Crippen LogP contribution in [0, 0.1) is 5.92 Å². The number of benzene rings is 1. The van der Waals surface area contributed by atoms with Crippen LogP contribution in [0.5, 0.6) is 0 Å². The van der Waals surface area contributed by atoms with Gasteiger partial charge in [-0.25, -0.2) is 0 Å². The normalized spacial score (nSPS) is 17.6. The summed E-state index contributed by atoms with van der Waals surface area (Å²) in [5.74, 6) is 0.641. The third-order valence-corrected chi connectivity index (χ3v) is 3.83. The van der Waals surface area contributed by atoms with Gasteiger partial charge >= 0.3 is 0 Å². The number of nitrogens with one attached hydrogen (secondary N) is 1. The van der Waals surface area contributed by atoms with Gasteiger partial charge in [-0.3, -0.25) is 4.79 Å². The monoisotopic (exact) mass is 336 g/mol. The van der Waals surface area contributed by atoms with E-state index in [0.29, 0.717) is 28.9 Å². The molecule has 0 bridgehead atoms. The molecule has 1 aromatic carbocycles. The predicted molar refractivity (Wildman–Crippen MR) is 85.8 cm³/mol. The first-order valence-electron chi connectivity index (χ1n) is 6.44. The Kier molecular flexibility index (Phi) is 7.10. The van der Waals surface area contributed by atoms with Gasteiger partial charge in [-0.15, -0.1) is 12.4 Å². The second-order valence-corrected chi connectivity index (χ2v) is 5.96. The van der Waals surface area contributed by atoms with Gasteiger partial charge in [0.25, 0.3) is 0 Å². The van der Waals surface area contributed by atoms with Crippen molar-refractivity contribution in [1.82, 2.24) is 10.2 Å². The van der Waals surface area contributed by atoms with Crippen molar-refractivity contribution in [3.8, 4) is 0 Å². The number of nitrogens with zero attached hydrogens (tertiary/aromatic N) is 1. The quantitative estimate of drug-likeness (QED) is 0.913. The van der Waals surface area contributed by atoms with E-state index in [4.69, 9.17) is 23.2 Å². The largest absolute Gasteiger partial charge is 0.341 e. The molecule has 20 heavy (non-hydrogen) atoms. The number of carbonyl (C=O) groups is 1. The highest BCUT2D eigenvalue weighted by Crippen LogP contribution is 2.20. The summed E-state index contributed by atoms with van der Waals surface area (Å²) in [6.07, 6.45) is 1.69. The van der Waals surface area contributed by atoms with Crippen LogP contribution in [0.2, 0.25) is 10.0 Å². The molecule has 0 radical (unpaired) electrons. The first-order chi connectivity index (χ1) is 9.04. The summed E-state index contributed by atoms with van der Waals surface area (Å²) in [6, 6.07) is 5.38. The molecule has 1 N–H and O–H groups in total. The molecule has 112 valence electrons. The molecule has 1 aromatic rings. The van der Waals surface area contributed by atoms with E-state index >= 15 is 0 Å². The molecular formula is C14H19Cl3N2O. The number of rotatable bonds is 4. The lowest BCUT2D eigenvalue weighted by molar-refractivity contribution is -0.131. The van der Waals surface area contributed by atoms with Crippen molar-refractivity contribution in [3.63, 3.8) is 0 Å². The minimum Gasteiger partial charge on any atom is -0.341 e. The van der Waals surface area contributed by atoms with Gasteiger partial charge in [0, 0.05) is 30.1 Å². The van der Waals surface area contributed by atoms with Gasteiger partial charge in [0.05, 0.1) is 0 Å². The average molecular weight is 338 g/mol. The maximum Gasteiger partial charge on any atom is 0.222 e. The van der Waals surface area contributed by atoms with Gasteiger partial charge < -0.3 is 10.2 Å². The Morgan fingerprint density at radius 3 is 2.55 bits per heavy atom. The van der Waals surface area contributed by atoms with Crippen molar-refractivity contribution < 1.29 is 4.79 Å². The number of hydrogen-bond donors (Lipinski definition) is 1. The molecule has 3 nitrogen and oxygen atoms in total. The zero-order chi connectivity index (χ0) is 13.8. The Labute approximate surface area is 136 Å². The molecule has 0 aromatic heterocycles. The van der Waals surface area contributed by atoms with Gasteiger partial charge in [0.1, 0.15) is 0 Å². The molecule has 1 unspecified atom stereocenters. The average Bonchev–Trinajstić information content (AvgIpc) is 2.80. The van der Waals surface area contributed by atoms with Gasteiger partial charge in [-0.1, -0.05) is 23.2 Å². The third kappa shape index (κ3) is 5.13. The fourth-order valence-corrected chi connectivity index (χ4v) is 2.93. The van der Waals surface area contributed by atoms with Gasteiger partial charge in [-0.2, -0.15) is 0 Å². The third-order valence-electron chi connectivity index (χ3n) is 3.39. The minimum atomic E-state index is 0. The summed E-state index contributed by atoms with van der Waals surface area (Å²) >= 11 is 11.9. The highest BCUT2D eigenvalue weighted by molar-refractivity contribution is 6.34. The van der Waals surface area contributed by atoms with Crippen LogP contribution in [-0.2, 0) is 11.3 Å². The molecule has 1 aliphatic heterocycles. The van der Waals surface area contributed by atoms with Crippen LogP contribution in [0.3, 0.4) is 0 Å². The highest BCUT2D eigenvalue weighted by atomic mass is 35.5. The Morgan fingerprint density at radius 1 is 1.35 bits per heavy atom. The van der Waals surface area contributed by atoms with E-state index < -0.39 is 0 Å². The molecule has 1 amide bonds. The van der Waals surface area contributed by atoms with E-state index in [-0.39, 0.29) is 18.3 Å². The van der Waals surface area contributed by atoms with E-state index in [1.54, 1.807) is 11.0 Å². The SMILES string of the molecule is CN(Cc1cc(Cl)cc(Cl)c1)C(=O)CC1CCNC1.Cl. The highest BCUT2D eigenvalue weighted by Gasteiger charge is 2.20. The van der Waals surface area contributed by atoms with Crippen LogP contribution >= 0.6 is 35.6 Å². The maximum absolute atomic E-state index is 12.1. The molecule has 6 heteroatoms. The van der Waals surface area contributed by atoms with Crippen molar-refractivity contribution in [2.45, 2.75) is 19.4 Å². The molecule has 0 aliphatic carbocycles. The fraction of sp³-hybridized carbons (Fsp3) is 0.500.